The van der Waals surface area contributed by atoms with Gasteiger partial charge in [0.1, 0.15) is 5.70 Å². The van der Waals surface area contributed by atoms with Gasteiger partial charge in [-0.15, -0.1) is 0 Å². The molecule has 1 N–H and O–H groups in total. The summed E-state index contributed by atoms with van der Waals surface area (Å²) in [7, 11) is 1.45. The van der Waals surface area contributed by atoms with Gasteiger partial charge in [0.15, 0.2) is 5.03 Å². The third-order valence-corrected chi connectivity index (χ3v) is 3.22. The topological polar surface area (TPSA) is 47.6 Å². The van der Waals surface area contributed by atoms with Gasteiger partial charge in [-0.3, -0.25) is 0 Å². The molecule has 18 heavy (non-hydrogen) atoms. The van der Waals surface area contributed by atoms with Crippen LogP contribution in [0.2, 0.25) is 0 Å². The van der Waals surface area contributed by atoms with Crippen LogP contribution >= 0.6 is 11.6 Å². The zero-order valence-corrected chi connectivity index (χ0v) is 11.2. The van der Waals surface area contributed by atoms with E-state index in [1.807, 2.05) is 32.0 Å². The van der Waals surface area contributed by atoms with Crippen LogP contribution in [0.4, 0.5) is 5.69 Å². The second-order valence-corrected chi connectivity index (χ2v) is 4.50. The number of benzene rings is 1. The van der Waals surface area contributed by atoms with Crippen LogP contribution in [0.15, 0.2) is 28.9 Å². The van der Waals surface area contributed by atoms with Gasteiger partial charge < -0.3 is 14.8 Å². The van der Waals surface area contributed by atoms with Crippen molar-refractivity contribution in [1.82, 2.24) is 0 Å². The van der Waals surface area contributed by atoms with Crippen LogP contribution in [-0.2, 0) is 14.3 Å². The summed E-state index contributed by atoms with van der Waals surface area (Å²) in [5.74, 6) is -0.574. The fourth-order valence-corrected chi connectivity index (χ4v) is 1.86. The van der Waals surface area contributed by atoms with Crippen LogP contribution < -0.4 is 5.32 Å². The first-order chi connectivity index (χ1) is 8.52. The lowest BCUT2D eigenvalue weighted by Gasteiger charge is -2.14. The van der Waals surface area contributed by atoms with Crippen molar-refractivity contribution < 1.29 is 14.3 Å². The van der Waals surface area contributed by atoms with Crippen molar-refractivity contribution in [3.05, 3.63) is 40.1 Å². The number of anilines is 1. The minimum absolute atomic E-state index is 0.0279. The Balaban J connectivity index is 2.27. The van der Waals surface area contributed by atoms with Crippen molar-refractivity contribution in [2.75, 3.05) is 12.4 Å². The number of ether oxygens (including phenoxy) is 2. The fraction of sp³-hybridized carbons (Fsp3) is 0.308. The molecule has 0 aliphatic carbocycles. The largest absolute Gasteiger partial charge is 0.425 e. The minimum atomic E-state index is -0.772. The van der Waals surface area contributed by atoms with Crippen LogP contribution in [-0.4, -0.2) is 19.4 Å². The van der Waals surface area contributed by atoms with Gasteiger partial charge in [0, 0.05) is 12.8 Å². The molecule has 0 bridgehead atoms. The standard InChI is InChI=1S/C13H14ClNO3/c1-7-4-5-9(6-8(7)2)15-11-10(14)12(16)18-13(11)17-3/h4-6,13,15H,1-3H3. The van der Waals surface area contributed by atoms with E-state index in [0.29, 0.717) is 5.70 Å². The van der Waals surface area contributed by atoms with E-state index in [1.165, 1.54) is 12.7 Å². The number of methoxy groups -OCH3 is 1. The molecule has 5 heteroatoms. The Labute approximate surface area is 111 Å². The monoisotopic (exact) mass is 267 g/mol. The van der Waals surface area contributed by atoms with E-state index in [4.69, 9.17) is 21.1 Å². The molecular formula is C13H14ClNO3. The Bertz CT molecular complexity index is 525. The number of nitrogens with one attached hydrogen (secondary N) is 1. The van der Waals surface area contributed by atoms with Crippen LogP contribution in [0.5, 0.6) is 0 Å². The van der Waals surface area contributed by atoms with Crippen LogP contribution in [0.1, 0.15) is 11.1 Å². The van der Waals surface area contributed by atoms with Crippen molar-refractivity contribution in [3.8, 4) is 0 Å². The summed E-state index contributed by atoms with van der Waals surface area (Å²) in [5.41, 5.74) is 3.62. The number of rotatable bonds is 3. The van der Waals surface area contributed by atoms with Crippen LogP contribution in [0.25, 0.3) is 0 Å². The molecule has 1 aliphatic rings. The highest BCUT2D eigenvalue weighted by Crippen LogP contribution is 2.28. The molecule has 1 heterocycles. The lowest BCUT2D eigenvalue weighted by molar-refractivity contribution is -0.155. The van der Waals surface area contributed by atoms with E-state index in [-0.39, 0.29) is 5.03 Å². The summed E-state index contributed by atoms with van der Waals surface area (Å²) in [6.45, 7) is 4.05. The molecule has 0 fully saturated rings. The molecule has 0 radical (unpaired) electrons. The molecular weight excluding hydrogens is 254 g/mol. The number of hydrogen-bond acceptors (Lipinski definition) is 4. The summed E-state index contributed by atoms with van der Waals surface area (Å²) in [6.07, 6.45) is -0.772. The van der Waals surface area contributed by atoms with E-state index in [1.54, 1.807) is 0 Å². The van der Waals surface area contributed by atoms with Gasteiger partial charge in [-0.05, 0) is 37.1 Å². The Kier molecular flexibility index (Phi) is 3.59. The highest BCUT2D eigenvalue weighted by molar-refractivity contribution is 6.42. The number of hydrogen-bond donors (Lipinski definition) is 1. The first-order valence-electron chi connectivity index (χ1n) is 5.50. The maximum Gasteiger partial charge on any atom is 0.354 e. The van der Waals surface area contributed by atoms with Gasteiger partial charge in [-0.25, -0.2) is 4.79 Å². The van der Waals surface area contributed by atoms with E-state index in [0.717, 1.165) is 11.3 Å². The predicted octanol–water partition coefficient (Wildman–Crippen LogP) is 2.70. The highest BCUT2D eigenvalue weighted by Gasteiger charge is 2.33. The van der Waals surface area contributed by atoms with E-state index in [9.17, 15) is 4.79 Å². The van der Waals surface area contributed by atoms with Gasteiger partial charge in [0.2, 0.25) is 6.29 Å². The molecule has 96 valence electrons. The Morgan fingerprint density at radius 2 is 2.06 bits per heavy atom. The Hall–Kier alpha value is -1.52. The van der Waals surface area contributed by atoms with Crippen molar-refractivity contribution in [2.24, 2.45) is 0 Å². The molecule has 0 spiro atoms. The Morgan fingerprint density at radius 3 is 2.67 bits per heavy atom. The number of halogens is 1. The molecule has 0 saturated heterocycles. The van der Waals surface area contributed by atoms with Crippen molar-refractivity contribution >= 4 is 23.3 Å². The first-order valence-corrected chi connectivity index (χ1v) is 5.88. The maximum absolute atomic E-state index is 11.3. The third-order valence-electron chi connectivity index (χ3n) is 2.87. The molecule has 0 saturated carbocycles. The summed E-state index contributed by atoms with van der Waals surface area (Å²) in [6, 6.07) is 5.88. The molecule has 1 unspecified atom stereocenters. The molecule has 4 nitrogen and oxygen atoms in total. The molecule has 0 aromatic heterocycles. The van der Waals surface area contributed by atoms with Crippen molar-refractivity contribution in [3.63, 3.8) is 0 Å². The smallest absolute Gasteiger partial charge is 0.354 e. The average Bonchev–Trinajstić information content (AvgIpc) is 2.61. The SMILES string of the molecule is COC1OC(=O)C(Cl)=C1Nc1ccc(C)c(C)c1. The second-order valence-electron chi connectivity index (χ2n) is 4.12. The second kappa shape index (κ2) is 5.00. The lowest BCUT2D eigenvalue weighted by atomic mass is 10.1. The van der Waals surface area contributed by atoms with Crippen molar-refractivity contribution in [1.29, 1.82) is 0 Å². The van der Waals surface area contributed by atoms with Crippen molar-refractivity contribution in [2.45, 2.75) is 20.1 Å². The summed E-state index contributed by atoms with van der Waals surface area (Å²) >= 11 is 5.89. The number of carbonyl (C=O) groups is 1. The van der Waals surface area contributed by atoms with Gasteiger partial charge >= 0.3 is 5.97 Å². The normalized spacial score (nSPS) is 19.1. The van der Waals surface area contributed by atoms with E-state index in [2.05, 4.69) is 5.32 Å². The molecule has 1 aromatic carbocycles. The first kappa shape index (κ1) is 12.9. The lowest BCUT2D eigenvalue weighted by Crippen LogP contribution is -2.18. The van der Waals surface area contributed by atoms with Crippen LogP contribution in [0, 0.1) is 13.8 Å². The van der Waals surface area contributed by atoms with Gasteiger partial charge in [-0.1, -0.05) is 17.7 Å². The third kappa shape index (κ3) is 2.35. The predicted molar refractivity (Wildman–Crippen MR) is 69.3 cm³/mol. The number of carbonyl (C=O) groups excluding carboxylic acids is 1. The maximum atomic E-state index is 11.3. The van der Waals surface area contributed by atoms with Gasteiger partial charge in [0.05, 0.1) is 0 Å². The molecule has 1 aromatic rings. The summed E-state index contributed by atoms with van der Waals surface area (Å²) in [4.78, 5) is 11.3. The fourth-order valence-electron chi connectivity index (χ4n) is 1.68. The number of aryl methyl sites for hydroxylation is 2. The zero-order chi connectivity index (χ0) is 13.3. The summed E-state index contributed by atoms with van der Waals surface area (Å²) < 4.78 is 9.97. The zero-order valence-electron chi connectivity index (χ0n) is 10.4. The highest BCUT2D eigenvalue weighted by atomic mass is 35.5. The molecule has 1 aliphatic heterocycles. The summed E-state index contributed by atoms with van der Waals surface area (Å²) in [5, 5.41) is 3.09. The number of cyclic esters (lactones) is 1. The van der Waals surface area contributed by atoms with Gasteiger partial charge in [-0.2, -0.15) is 0 Å². The number of esters is 1. The van der Waals surface area contributed by atoms with Gasteiger partial charge in [0.25, 0.3) is 0 Å². The van der Waals surface area contributed by atoms with E-state index < -0.39 is 12.3 Å². The minimum Gasteiger partial charge on any atom is -0.425 e. The molecule has 0 amide bonds. The van der Waals surface area contributed by atoms with E-state index >= 15 is 0 Å². The Morgan fingerprint density at radius 1 is 1.33 bits per heavy atom. The van der Waals surface area contributed by atoms with Crippen LogP contribution in [0.3, 0.4) is 0 Å². The average molecular weight is 268 g/mol. The molecule has 1 atom stereocenters. The molecule has 2 rings (SSSR count). The quantitative estimate of drug-likeness (QED) is 0.856.